The zero-order chi connectivity index (χ0) is 25.4. The predicted octanol–water partition coefficient (Wildman–Crippen LogP) is 4.84. The van der Waals surface area contributed by atoms with Crippen molar-refractivity contribution in [2.24, 2.45) is 5.73 Å². The van der Waals surface area contributed by atoms with Gasteiger partial charge in [0.05, 0.1) is 11.6 Å². The van der Waals surface area contributed by atoms with E-state index in [1.165, 1.54) is 5.56 Å². The molecule has 0 radical (unpaired) electrons. The molecule has 1 aliphatic heterocycles. The van der Waals surface area contributed by atoms with Crippen molar-refractivity contribution >= 4 is 23.1 Å². The second-order valence-corrected chi connectivity index (χ2v) is 10.6. The Morgan fingerprint density at radius 2 is 1.89 bits per heavy atom. The largest absolute Gasteiger partial charge is 0.383 e. The van der Waals surface area contributed by atoms with Crippen LogP contribution in [-0.2, 0) is 15.9 Å². The summed E-state index contributed by atoms with van der Waals surface area (Å²) in [4.78, 5) is 4.60. The molecule has 0 bridgehead atoms. The van der Waals surface area contributed by atoms with Crippen LogP contribution >= 0.6 is 11.6 Å². The molecule has 198 valence electrons. The van der Waals surface area contributed by atoms with Crippen molar-refractivity contribution in [3.8, 4) is 11.1 Å². The first-order chi connectivity index (χ1) is 17.5. The molecule has 2 heterocycles. The van der Waals surface area contributed by atoms with E-state index in [-0.39, 0.29) is 5.54 Å². The molecule has 0 atom stereocenters. The van der Waals surface area contributed by atoms with Gasteiger partial charge in [0.1, 0.15) is 5.82 Å². The smallest absolute Gasteiger partial charge is 0.126 e. The van der Waals surface area contributed by atoms with E-state index in [1.807, 2.05) is 0 Å². The van der Waals surface area contributed by atoms with Crippen LogP contribution in [0.3, 0.4) is 0 Å². The van der Waals surface area contributed by atoms with Gasteiger partial charge in [0.2, 0.25) is 0 Å². The third-order valence-corrected chi connectivity index (χ3v) is 7.91. The highest BCUT2D eigenvalue weighted by molar-refractivity contribution is 6.33. The Morgan fingerprint density at radius 1 is 1.14 bits per heavy atom. The maximum absolute atomic E-state index is 6.69. The van der Waals surface area contributed by atoms with Gasteiger partial charge in [0, 0.05) is 68.5 Å². The second-order valence-electron chi connectivity index (χ2n) is 10.2. The first-order valence-electron chi connectivity index (χ1n) is 13.4. The highest BCUT2D eigenvalue weighted by Gasteiger charge is 2.28. The highest BCUT2D eigenvalue weighted by Crippen LogP contribution is 2.36. The molecule has 1 aromatic carbocycles. The molecular weight excluding hydrogens is 474 g/mol. The molecule has 1 saturated heterocycles. The average molecular weight is 516 g/mol. The Bertz CT molecular complexity index is 974. The lowest BCUT2D eigenvalue weighted by molar-refractivity contribution is 0.0575. The van der Waals surface area contributed by atoms with Crippen molar-refractivity contribution in [2.75, 3.05) is 50.7 Å². The third-order valence-electron chi connectivity index (χ3n) is 7.61. The molecule has 0 unspecified atom stereocenters. The molecule has 4 rings (SSSR count). The number of rotatable bonds is 11. The van der Waals surface area contributed by atoms with Crippen LogP contribution in [-0.4, -0.2) is 62.6 Å². The summed E-state index contributed by atoms with van der Waals surface area (Å²) in [6.07, 6.45) is 8.96. The van der Waals surface area contributed by atoms with E-state index < -0.39 is 0 Å². The minimum Gasteiger partial charge on any atom is -0.383 e. The van der Waals surface area contributed by atoms with Gasteiger partial charge in [-0.15, -0.1) is 0 Å². The van der Waals surface area contributed by atoms with Crippen molar-refractivity contribution in [1.82, 2.24) is 10.3 Å². The summed E-state index contributed by atoms with van der Waals surface area (Å²) in [6, 6.07) is 9.48. The first kappa shape index (κ1) is 27.1. The van der Waals surface area contributed by atoms with Crippen LogP contribution in [0.5, 0.6) is 0 Å². The maximum atomic E-state index is 6.69. The van der Waals surface area contributed by atoms with Gasteiger partial charge >= 0.3 is 0 Å². The van der Waals surface area contributed by atoms with E-state index in [2.05, 4.69) is 52.1 Å². The van der Waals surface area contributed by atoms with Crippen LogP contribution in [0.25, 0.3) is 11.1 Å². The summed E-state index contributed by atoms with van der Waals surface area (Å²) in [6.45, 7) is 6.04. The molecule has 1 aliphatic carbocycles. The number of nitrogens with zero attached hydrogens (tertiary/aromatic N) is 1. The van der Waals surface area contributed by atoms with Gasteiger partial charge in [-0.2, -0.15) is 0 Å². The van der Waals surface area contributed by atoms with E-state index in [0.29, 0.717) is 17.1 Å². The SMILES string of the molecule is CCc1c(NCC2(N)CCOCC2)cccc1-c1cc(NC2CCC(NCCOC)CC2)ncc1Cl. The van der Waals surface area contributed by atoms with E-state index in [1.54, 1.807) is 13.3 Å². The van der Waals surface area contributed by atoms with Gasteiger partial charge in [-0.1, -0.05) is 30.7 Å². The van der Waals surface area contributed by atoms with Gasteiger partial charge in [-0.05, 0) is 68.2 Å². The van der Waals surface area contributed by atoms with Gasteiger partial charge in [-0.25, -0.2) is 4.98 Å². The number of anilines is 2. The van der Waals surface area contributed by atoms with Crippen LogP contribution in [0, 0.1) is 0 Å². The maximum Gasteiger partial charge on any atom is 0.126 e. The van der Waals surface area contributed by atoms with Crippen molar-refractivity contribution in [3.63, 3.8) is 0 Å². The van der Waals surface area contributed by atoms with E-state index in [9.17, 15) is 0 Å². The Morgan fingerprint density at radius 3 is 2.61 bits per heavy atom. The monoisotopic (exact) mass is 515 g/mol. The number of pyridine rings is 1. The molecule has 5 N–H and O–H groups in total. The summed E-state index contributed by atoms with van der Waals surface area (Å²) >= 11 is 6.69. The number of nitrogens with one attached hydrogen (secondary N) is 3. The zero-order valence-corrected chi connectivity index (χ0v) is 22.5. The van der Waals surface area contributed by atoms with Crippen molar-refractivity contribution < 1.29 is 9.47 Å². The summed E-state index contributed by atoms with van der Waals surface area (Å²) in [7, 11) is 1.74. The zero-order valence-electron chi connectivity index (χ0n) is 21.7. The lowest BCUT2D eigenvalue weighted by atomic mass is 9.90. The average Bonchev–Trinajstić information content (AvgIpc) is 2.90. The molecule has 2 aliphatic rings. The summed E-state index contributed by atoms with van der Waals surface area (Å²) < 4.78 is 10.7. The van der Waals surface area contributed by atoms with Gasteiger partial charge in [-0.3, -0.25) is 0 Å². The minimum absolute atomic E-state index is 0.233. The minimum atomic E-state index is -0.233. The fourth-order valence-electron chi connectivity index (χ4n) is 5.35. The molecule has 1 saturated carbocycles. The van der Waals surface area contributed by atoms with Gasteiger partial charge in [0.25, 0.3) is 0 Å². The number of benzene rings is 1. The van der Waals surface area contributed by atoms with Gasteiger partial charge in [0.15, 0.2) is 0 Å². The van der Waals surface area contributed by atoms with Crippen LogP contribution in [0.1, 0.15) is 51.0 Å². The highest BCUT2D eigenvalue weighted by atomic mass is 35.5. The van der Waals surface area contributed by atoms with E-state index in [4.69, 9.17) is 26.8 Å². The summed E-state index contributed by atoms with van der Waals surface area (Å²) in [5.74, 6) is 0.883. The van der Waals surface area contributed by atoms with Crippen LogP contribution in [0.15, 0.2) is 30.5 Å². The number of hydrogen-bond acceptors (Lipinski definition) is 7. The molecule has 1 aromatic heterocycles. The number of aromatic nitrogens is 1. The number of methoxy groups -OCH3 is 1. The topological polar surface area (TPSA) is 93.5 Å². The fraction of sp³-hybridized carbons (Fsp3) is 0.607. The Kier molecular flexibility index (Phi) is 9.85. The lowest BCUT2D eigenvalue weighted by Gasteiger charge is -2.34. The summed E-state index contributed by atoms with van der Waals surface area (Å²) in [5, 5.41) is 11.6. The fourth-order valence-corrected chi connectivity index (χ4v) is 5.56. The third kappa shape index (κ3) is 7.11. The molecule has 0 spiro atoms. The van der Waals surface area contributed by atoms with Gasteiger partial charge < -0.3 is 31.2 Å². The quantitative estimate of drug-likeness (QED) is 0.318. The van der Waals surface area contributed by atoms with Crippen LogP contribution in [0.4, 0.5) is 11.5 Å². The predicted molar refractivity (Wildman–Crippen MR) is 149 cm³/mol. The normalized spacial score (nSPS) is 21.8. The molecule has 2 aromatic rings. The molecular formula is C28H42ClN5O2. The molecule has 0 amide bonds. The summed E-state index contributed by atoms with van der Waals surface area (Å²) in [5.41, 5.74) is 10.9. The Hall–Kier alpha value is -1.90. The van der Waals surface area contributed by atoms with E-state index in [0.717, 1.165) is 100 Å². The lowest BCUT2D eigenvalue weighted by Crippen LogP contribution is -2.50. The Balaban J connectivity index is 1.44. The first-order valence-corrected chi connectivity index (χ1v) is 13.8. The number of hydrogen-bond donors (Lipinski definition) is 4. The van der Waals surface area contributed by atoms with Crippen molar-refractivity contribution in [2.45, 2.75) is 69.5 Å². The van der Waals surface area contributed by atoms with Crippen LogP contribution < -0.4 is 21.7 Å². The molecule has 7 nitrogen and oxygen atoms in total. The van der Waals surface area contributed by atoms with Crippen molar-refractivity contribution in [3.05, 3.63) is 41.0 Å². The number of halogens is 1. The van der Waals surface area contributed by atoms with Crippen LogP contribution in [0.2, 0.25) is 5.02 Å². The molecule has 8 heteroatoms. The van der Waals surface area contributed by atoms with E-state index >= 15 is 0 Å². The van der Waals surface area contributed by atoms with Crippen molar-refractivity contribution in [1.29, 1.82) is 0 Å². The molecule has 36 heavy (non-hydrogen) atoms. The molecule has 2 fully saturated rings. The second kappa shape index (κ2) is 13.1. The number of nitrogens with two attached hydrogens (primary N) is 1. The Labute approximate surface area is 220 Å². The number of ether oxygens (including phenoxy) is 2. The standard InChI is InChI=1S/C28H42ClN5O2/c1-3-22-23(5-4-6-26(22)33-19-28(30)11-14-36-15-12-28)24-17-27(32-18-25(24)29)34-21-9-7-20(8-10-21)31-13-16-35-2/h4-6,17-18,20-21,31,33H,3,7-16,19,30H2,1-2H3,(H,32,34).